The standard InChI is InChI=1S/C30H34N2O4S/c1-21-7-11-24(12-8-21)28-20-36-29-6-4-3-5-25(29)18-30(28)37(33,34)32-26-13-9-23(10-14-26)19-31-27-15-16-35-22(2)17-27/h3-14,18,22,27-28,31-32H,15-17,19-20H2,1-2H3. The van der Waals surface area contributed by atoms with E-state index in [1.54, 1.807) is 6.08 Å². The quantitative estimate of drug-likeness (QED) is 0.425. The number of nitrogens with one attached hydrogen (secondary N) is 2. The summed E-state index contributed by atoms with van der Waals surface area (Å²) in [6.07, 6.45) is 4.03. The monoisotopic (exact) mass is 518 g/mol. The molecule has 1 saturated heterocycles. The molecule has 2 heterocycles. The summed E-state index contributed by atoms with van der Waals surface area (Å²) >= 11 is 0. The van der Waals surface area contributed by atoms with E-state index in [0.29, 0.717) is 22.4 Å². The molecule has 5 rings (SSSR count). The lowest BCUT2D eigenvalue weighted by Crippen LogP contribution is -2.37. The van der Waals surface area contributed by atoms with Crippen LogP contribution in [-0.4, -0.2) is 33.8 Å². The molecule has 2 aliphatic rings. The van der Waals surface area contributed by atoms with E-state index in [0.717, 1.165) is 48.2 Å². The molecule has 0 spiro atoms. The highest BCUT2D eigenvalue weighted by Crippen LogP contribution is 2.37. The molecule has 0 saturated carbocycles. The van der Waals surface area contributed by atoms with Gasteiger partial charge in [0.05, 0.1) is 23.5 Å². The number of fused-ring (bicyclic) bond motifs is 1. The lowest BCUT2D eigenvalue weighted by molar-refractivity contribution is 0.0130. The highest BCUT2D eigenvalue weighted by molar-refractivity contribution is 7.96. The third-order valence-electron chi connectivity index (χ3n) is 7.04. The Balaban J connectivity index is 1.36. The summed E-state index contributed by atoms with van der Waals surface area (Å²) < 4.78 is 42.0. The van der Waals surface area contributed by atoms with Gasteiger partial charge < -0.3 is 14.8 Å². The van der Waals surface area contributed by atoms with E-state index < -0.39 is 15.9 Å². The zero-order chi connectivity index (χ0) is 25.8. The van der Waals surface area contributed by atoms with Gasteiger partial charge in [-0.05, 0) is 62.1 Å². The van der Waals surface area contributed by atoms with Gasteiger partial charge in [0.15, 0.2) is 0 Å². The van der Waals surface area contributed by atoms with Crippen LogP contribution in [-0.2, 0) is 21.3 Å². The summed E-state index contributed by atoms with van der Waals surface area (Å²) in [5, 5.41) is 3.59. The molecule has 3 aromatic rings. The van der Waals surface area contributed by atoms with E-state index in [1.165, 1.54) is 0 Å². The Hall–Kier alpha value is -3.13. The van der Waals surface area contributed by atoms with E-state index >= 15 is 0 Å². The Morgan fingerprint density at radius 2 is 1.73 bits per heavy atom. The molecule has 0 aliphatic carbocycles. The summed E-state index contributed by atoms with van der Waals surface area (Å²) in [5.41, 5.74) is 4.41. The Morgan fingerprint density at radius 3 is 2.49 bits per heavy atom. The molecule has 3 aromatic carbocycles. The van der Waals surface area contributed by atoms with Crippen LogP contribution >= 0.6 is 0 Å². The number of benzene rings is 3. The highest BCUT2D eigenvalue weighted by Gasteiger charge is 2.31. The van der Waals surface area contributed by atoms with Crippen molar-refractivity contribution < 1.29 is 17.9 Å². The SMILES string of the molecule is Cc1ccc(C2COc3ccccc3C=C2S(=O)(=O)Nc2ccc(CNC3CCOC(C)C3)cc2)cc1. The molecule has 1 fully saturated rings. The lowest BCUT2D eigenvalue weighted by atomic mass is 9.98. The molecule has 194 valence electrons. The van der Waals surface area contributed by atoms with Gasteiger partial charge >= 0.3 is 0 Å². The maximum Gasteiger partial charge on any atom is 0.258 e. The Morgan fingerprint density at radius 1 is 0.973 bits per heavy atom. The van der Waals surface area contributed by atoms with Crippen molar-refractivity contribution in [2.75, 3.05) is 17.9 Å². The molecule has 0 bridgehead atoms. The van der Waals surface area contributed by atoms with Crippen molar-refractivity contribution in [3.05, 3.63) is 100.0 Å². The van der Waals surface area contributed by atoms with Crippen LogP contribution in [0.3, 0.4) is 0 Å². The second-order valence-electron chi connectivity index (χ2n) is 9.94. The van der Waals surface area contributed by atoms with Crippen molar-refractivity contribution in [1.29, 1.82) is 0 Å². The molecule has 0 radical (unpaired) electrons. The van der Waals surface area contributed by atoms with Crippen LogP contribution in [0.25, 0.3) is 6.08 Å². The number of hydrogen-bond acceptors (Lipinski definition) is 5. The number of aryl methyl sites for hydroxylation is 1. The minimum atomic E-state index is -3.86. The lowest BCUT2D eigenvalue weighted by Gasteiger charge is -2.28. The molecule has 3 unspecified atom stereocenters. The van der Waals surface area contributed by atoms with E-state index in [4.69, 9.17) is 9.47 Å². The average molecular weight is 519 g/mol. The van der Waals surface area contributed by atoms with Crippen molar-refractivity contribution in [3.63, 3.8) is 0 Å². The molecule has 37 heavy (non-hydrogen) atoms. The minimum absolute atomic E-state index is 0.238. The smallest absolute Gasteiger partial charge is 0.258 e. The Labute approximate surface area is 219 Å². The van der Waals surface area contributed by atoms with Gasteiger partial charge in [0, 0.05) is 30.4 Å². The maximum atomic E-state index is 13.8. The number of para-hydroxylation sites is 1. The summed E-state index contributed by atoms with van der Waals surface area (Å²) in [6, 6.07) is 23.5. The van der Waals surface area contributed by atoms with Crippen molar-refractivity contribution >= 4 is 21.8 Å². The molecule has 2 aliphatic heterocycles. The maximum absolute atomic E-state index is 13.8. The molecule has 2 N–H and O–H groups in total. The number of anilines is 1. The molecule has 0 aromatic heterocycles. The normalized spacial score (nSPS) is 21.8. The zero-order valence-corrected chi connectivity index (χ0v) is 22.1. The van der Waals surface area contributed by atoms with Gasteiger partial charge in [-0.2, -0.15) is 0 Å². The first-order valence-electron chi connectivity index (χ1n) is 12.8. The zero-order valence-electron chi connectivity index (χ0n) is 21.3. The van der Waals surface area contributed by atoms with E-state index in [-0.39, 0.29) is 12.7 Å². The van der Waals surface area contributed by atoms with Crippen molar-refractivity contribution in [2.24, 2.45) is 0 Å². The Kier molecular flexibility index (Phi) is 7.65. The van der Waals surface area contributed by atoms with Gasteiger partial charge in [0.2, 0.25) is 0 Å². The van der Waals surface area contributed by atoms with Gasteiger partial charge in [0.1, 0.15) is 5.75 Å². The molecule has 0 amide bonds. The largest absolute Gasteiger partial charge is 0.492 e. The first-order chi connectivity index (χ1) is 17.9. The predicted molar refractivity (Wildman–Crippen MR) is 148 cm³/mol. The summed E-state index contributed by atoms with van der Waals surface area (Å²) in [5.74, 6) is 0.247. The number of ether oxygens (including phenoxy) is 2. The van der Waals surface area contributed by atoms with Crippen molar-refractivity contribution in [2.45, 2.75) is 51.3 Å². The number of rotatable bonds is 7. The topological polar surface area (TPSA) is 76.7 Å². The second-order valence-corrected chi connectivity index (χ2v) is 11.6. The third-order valence-corrected chi connectivity index (χ3v) is 8.57. The van der Waals surface area contributed by atoms with E-state index in [9.17, 15) is 8.42 Å². The predicted octanol–water partition coefficient (Wildman–Crippen LogP) is 5.61. The number of sulfonamides is 1. The second kappa shape index (κ2) is 11.1. The molecule has 7 heteroatoms. The summed E-state index contributed by atoms with van der Waals surface area (Å²) in [6.45, 7) is 5.88. The van der Waals surface area contributed by atoms with Crippen LogP contribution in [0, 0.1) is 6.92 Å². The van der Waals surface area contributed by atoms with Crippen LogP contribution in [0.15, 0.2) is 77.7 Å². The summed E-state index contributed by atoms with van der Waals surface area (Å²) in [7, 11) is -3.86. The van der Waals surface area contributed by atoms with Gasteiger partial charge in [0.25, 0.3) is 10.0 Å². The summed E-state index contributed by atoms with van der Waals surface area (Å²) in [4.78, 5) is 0.292. The fourth-order valence-electron chi connectivity index (χ4n) is 4.91. The highest BCUT2D eigenvalue weighted by atomic mass is 32.2. The molecule has 6 nitrogen and oxygen atoms in total. The van der Waals surface area contributed by atoms with Gasteiger partial charge in [-0.1, -0.05) is 60.2 Å². The Bertz CT molecular complexity index is 1350. The molecular weight excluding hydrogens is 484 g/mol. The van der Waals surface area contributed by atoms with Crippen molar-refractivity contribution in [3.8, 4) is 5.75 Å². The van der Waals surface area contributed by atoms with Crippen molar-refractivity contribution in [1.82, 2.24) is 5.32 Å². The van der Waals surface area contributed by atoms with Gasteiger partial charge in [-0.15, -0.1) is 0 Å². The number of hydrogen-bond donors (Lipinski definition) is 2. The first-order valence-corrected chi connectivity index (χ1v) is 14.3. The molecular formula is C30H34N2O4S. The van der Waals surface area contributed by atoms with E-state index in [1.807, 2.05) is 79.7 Å². The third kappa shape index (κ3) is 6.24. The van der Waals surface area contributed by atoms with Gasteiger partial charge in [-0.3, -0.25) is 4.72 Å². The van der Waals surface area contributed by atoms with Crippen LogP contribution in [0.5, 0.6) is 5.75 Å². The first kappa shape index (κ1) is 25.5. The fourth-order valence-corrected chi connectivity index (χ4v) is 6.34. The van der Waals surface area contributed by atoms with E-state index in [2.05, 4.69) is 17.0 Å². The fraction of sp³-hybridized carbons (Fsp3) is 0.333. The van der Waals surface area contributed by atoms with Gasteiger partial charge in [-0.25, -0.2) is 8.42 Å². The minimum Gasteiger partial charge on any atom is -0.492 e. The van der Waals surface area contributed by atoms with Crippen LogP contribution < -0.4 is 14.8 Å². The van der Waals surface area contributed by atoms with Crippen LogP contribution in [0.1, 0.15) is 47.9 Å². The average Bonchev–Trinajstić information content (AvgIpc) is 3.09. The van der Waals surface area contributed by atoms with Crippen LogP contribution in [0.2, 0.25) is 0 Å². The van der Waals surface area contributed by atoms with Crippen LogP contribution in [0.4, 0.5) is 5.69 Å². The molecule has 3 atom stereocenters.